The van der Waals surface area contributed by atoms with Gasteiger partial charge in [0.25, 0.3) is 5.65 Å². The Hall–Kier alpha value is -2.16. The average molecular weight is 392 g/mol. The molecule has 0 saturated carbocycles. The molecule has 0 N–H and O–H groups in total. The van der Waals surface area contributed by atoms with Crippen LogP contribution in [-0.2, 0) is 12.0 Å². The summed E-state index contributed by atoms with van der Waals surface area (Å²) in [6.45, 7) is 11.4. The van der Waals surface area contributed by atoms with Crippen molar-refractivity contribution in [3.05, 3.63) is 57.0 Å². The fraction of sp³-hybridized carbons (Fsp3) is 0.538. The number of unbranched alkanes of at least 4 members (excludes halogenated alkanes) is 2. The Kier molecular flexibility index (Phi) is 5.04. The first-order chi connectivity index (χ1) is 13.9. The molecule has 1 aliphatic heterocycles. The summed E-state index contributed by atoms with van der Waals surface area (Å²) in [4.78, 5) is 13.6. The van der Waals surface area contributed by atoms with Crippen LogP contribution in [0.25, 0.3) is 17.3 Å². The fourth-order valence-corrected chi connectivity index (χ4v) is 5.74. The lowest BCUT2D eigenvalue weighted by Crippen LogP contribution is -2.61. The Bertz CT molecular complexity index is 1170. The monoisotopic (exact) mass is 391 g/mol. The number of pyridine rings is 1. The van der Waals surface area contributed by atoms with Crippen LogP contribution in [0.1, 0.15) is 78.8 Å². The van der Waals surface area contributed by atoms with E-state index in [0.29, 0.717) is 0 Å². The molecule has 0 fully saturated rings. The summed E-state index contributed by atoms with van der Waals surface area (Å²) in [6.07, 6.45) is 16.2. The second-order valence-corrected chi connectivity index (χ2v) is 9.20. The number of hydrogen-bond donors (Lipinski definition) is 0. The van der Waals surface area contributed by atoms with E-state index in [0.717, 1.165) is 43.4 Å². The molecule has 2 aliphatic rings. The van der Waals surface area contributed by atoms with E-state index in [9.17, 15) is 4.79 Å². The zero-order chi connectivity index (χ0) is 20.8. The smallest absolute Gasteiger partial charge is 0.241 e. The largest absolute Gasteiger partial charge is 0.338 e. The molecule has 2 aromatic heterocycles. The van der Waals surface area contributed by atoms with Crippen LogP contribution < -0.4 is 20.4 Å². The quantitative estimate of drug-likeness (QED) is 0.544. The number of allylic oxidation sites excluding steroid dienone is 2. The molecule has 0 saturated heterocycles. The molecule has 0 aromatic carbocycles. The van der Waals surface area contributed by atoms with Gasteiger partial charge in [0.1, 0.15) is 11.2 Å². The van der Waals surface area contributed by atoms with Gasteiger partial charge < -0.3 is 0 Å². The minimum absolute atomic E-state index is 0.0611. The van der Waals surface area contributed by atoms with Gasteiger partial charge in [-0.15, -0.1) is 0 Å². The minimum Gasteiger partial charge on any atom is -0.241 e. The van der Waals surface area contributed by atoms with Gasteiger partial charge in [-0.3, -0.25) is 0 Å². The third-order valence-electron chi connectivity index (χ3n) is 7.99. The maximum atomic E-state index is 13.6. The van der Waals surface area contributed by atoms with Crippen molar-refractivity contribution in [2.75, 3.05) is 0 Å². The van der Waals surface area contributed by atoms with E-state index in [1.165, 1.54) is 28.9 Å². The van der Waals surface area contributed by atoms with Gasteiger partial charge in [0.05, 0.1) is 17.5 Å². The van der Waals surface area contributed by atoms with Gasteiger partial charge >= 0.3 is 5.56 Å². The summed E-state index contributed by atoms with van der Waals surface area (Å²) in [5.41, 5.74) is 3.59. The van der Waals surface area contributed by atoms with Crippen LogP contribution >= 0.6 is 0 Å². The van der Waals surface area contributed by atoms with Crippen LogP contribution in [0.15, 0.2) is 35.3 Å². The van der Waals surface area contributed by atoms with E-state index >= 15 is 0 Å². The van der Waals surface area contributed by atoms with E-state index in [2.05, 4.69) is 74.1 Å². The first-order valence-corrected chi connectivity index (χ1v) is 11.4. The molecule has 2 aromatic rings. The first kappa shape index (κ1) is 20.1. The van der Waals surface area contributed by atoms with E-state index < -0.39 is 0 Å². The number of nitrogens with zero attached hydrogens (tertiary/aromatic N) is 2. The molecule has 2 atom stereocenters. The molecule has 0 amide bonds. The molecule has 3 heteroatoms. The van der Waals surface area contributed by atoms with E-state index in [1.54, 1.807) is 0 Å². The van der Waals surface area contributed by atoms with Crippen molar-refractivity contribution in [3.8, 4) is 0 Å². The molecule has 2 unspecified atom stereocenters. The number of aryl methyl sites for hydroxylation is 1. The predicted molar refractivity (Wildman–Crippen MR) is 120 cm³/mol. The van der Waals surface area contributed by atoms with Crippen LogP contribution in [0.5, 0.6) is 0 Å². The third-order valence-corrected chi connectivity index (χ3v) is 7.99. The van der Waals surface area contributed by atoms with Crippen LogP contribution in [-0.4, -0.2) is 4.57 Å². The van der Waals surface area contributed by atoms with Crippen molar-refractivity contribution in [2.24, 2.45) is 5.41 Å². The van der Waals surface area contributed by atoms with Gasteiger partial charge in [0.2, 0.25) is 0 Å². The zero-order valence-electron chi connectivity index (χ0n) is 18.7. The molecule has 0 bridgehead atoms. The molecule has 1 aliphatic carbocycles. The normalized spacial score (nSPS) is 25.2. The Labute approximate surface area is 174 Å². The molecular formula is C26H35N2O+. The lowest BCUT2D eigenvalue weighted by molar-refractivity contribution is -0.528. The second kappa shape index (κ2) is 7.27. The Morgan fingerprint density at radius 1 is 1.14 bits per heavy atom. The molecule has 0 radical (unpaired) electrons. The minimum atomic E-state index is -0.245. The lowest BCUT2D eigenvalue weighted by atomic mass is 9.61. The summed E-state index contributed by atoms with van der Waals surface area (Å²) in [5.74, 6) is 0. The zero-order valence-corrected chi connectivity index (χ0v) is 18.7. The van der Waals surface area contributed by atoms with Crippen molar-refractivity contribution in [1.82, 2.24) is 4.57 Å². The van der Waals surface area contributed by atoms with Crippen molar-refractivity contribution < 1.29 is 4.40 Å². The van der Waals surface area contributed by atoms with Crippen molar-refractivity contribution in [3.63, 3.8) is 0 Å². The summed E-state index contributed by atoms with van der Waals surface area (Å²) in [7, 11) is 0. The number of aromatic nitrogens is 2. The Balaban J connectivity index is 2.21. The Morgan fingerprint density at radius 2 is 1.93 bits per heavy atom. The highest BCUT2D eigenvalue weighted by atomic mass is 16.1. The maximum Gasteiger partial charge on any atom is 0.338 e. The molecule has 3 heterocycles. The standard InChI is InChI=1S/C26H35N2O/c1-6-9-10-14-20-18-22(29)28-24-23-19(16-17-27(20)24)13-11-12-15-21(23)25(4,7-2)26(28,5)8-3/h11-13,16-18H,6-10,14-15H2,1-5H3/q+1. The van der Waals surface area contributed by atoms with Crippen LogP contribution in [0.2, 0.25) is 0 Å². The summed E-state index contributed by atoms with van der Waals surface area (Å²) >= 11 is 0. The van der Waals surface area contributed by atoms with E-state index in [4.69, 9.17) is 0 Å². The van der Waals surface area contributed by atoms with Crippen LogP contribution in [0, 0.1) is 5.41 Å². The van der Waals surface area contributed by atoms with Gasteiger partial charge in [-0.1, -0.05) is 58.8 Å². The van der Waals surface area contributed by atoms with Gasteiger partial charge in [-0.2, -0.15) is 4.57 Å². The maximum absolute atomic E-state index is 13.6. The fourth-order valence-electron chi connectivity index (χ4n) is 5.74. The molecule has 4 rings (SSSR count). The Morgan fingerprint density at radius 3 is 2.62 bits per heavy atom. The molecule has 154 valence electrons. The average Bonchev–Trinajstić information content (AvgIpc) is 2.95. The van der Waals surface area contributed by atoms with Crippen molar-refractivity contribution in [2.45, 2.75) is 85.1 Å². The SMILES string of the molecule is CCCCCc1cc(=O)n2c3c4c(cc[n+]13)=CC=CCC=4C(C)(CC)C2(C)CC. The first-order valence-electron chi connectivity index (χ1n) is 11.4. The third kappa shape index (κ3) is 2.69. The van der Waals surface area contributed by atoms with Gasteiger partial charge in [-0.05, 0) is 49.5 Å². The highest BCUT2D eigenvalue weighted by Gasteiger charge is 2.54. The molecule has 3 nitrogen and oxygen atoms in total. The van der Waals surface area contributed by atoms with Gasteiger partial charge in [0.15, 0.2) is 0 Å². The van der Waals surface area contributed by atoms with Crippen molar-refractivity contribution in [1.29, 1.82) is 0 Å². The number of rotatable bonds is 6. The summed E-state index contributed by atoms with van der Waals surface area (Å²) in [5, 5.41) is 2.53. The highest BCUT2D eigenvalue weighted by Crippen LogP contribution is 2.51. The molecule has 29 heavy (non-hydrogen) atoms. The van der Waals surface area contributed by atoms with Crippen molar-refractivity contribution >= 4 is 17.3 Å². The predicted octanol–water partition coefficient (Wildman–Crippen LogP) is 3.77. The topological polar surface area (TPSA) is 26.1 Å². The second-order valence-electron chi connectivity index (χ2n) is 9.20. The number of hydrogen-bond acceptors (Lipinski definition) is 1. The van der Waals surface area contributed by atoms with E-state index in [-0.39, 0.29) is 16.5 Å². The highest BCUT2D eigenvalue weighted by molar-refractivity contribution is 5.66. The lowest BCUT2D eigenvalue weighted by Gasteiger charge is -2.47. The molecular weight excluding hydrogens is 356 g/mol. The summed E-state index contributed by atoms with van der Waals surface area (Å²) < 4.78 is 4.46. The van der Waals surface area contributed by atoms with Crippen LogP contribution in [0.3, 0.4) is 0 Å². The van der Waals surface area contributed by atoms with Gasteiger partial charge in [0, 0.05) is 11.8 Å². The summed E-state index contributed by atoms with van der Waals surface area (Å²) in [6, 6.07) is 4.14. The van der Waals surface area contributed by atoms with Gasteiger partial charge in [-0.25, -0.2) is 9.20 Å². The van der Waals surface area contributed by atoms with Crippen LogP contribution in [0.4, 0.5) is 0 Å². The molecule has 0 spiro atoms. The van der Waals surface area contributed by atoms with E-state index in [1.807, 2.05) is 6.07 Å².